The van der Waals surface area contributed by atoms with Crippen molar-refractivity contribution in [1.29, 1.82) is 0 Å². The van der Waals surface area contributed by atoms with Crippen LogP contribution in [0, 0.1) is 36.3 Å². The van der Waals surface area contributed by atoms with E-state index in [2.05, 4.69) is 32.0 Å². The highest BCUT2D eigenvalue weighted by Crippen LogP contribution is 2.38. The van der Waals surface area contributed by atoms with Gasteiger partial charge in [0.1, 0.15) is 23.4 Å². The quantitative estimate of drug-likeness (QED) is 0.197. The molecule has 30 heavy (non-hydrogen) atoms. The molecule has 154 valence electrons. The third-order valence-corrected chi connectivity index (χ3v) is 6.06. The first-order chi connectivity index (χ1) is 14.4. The fourth-order valence-electron chi connectivity index (χ4n) is 2.91. The molecule has 0 fully saturated rings. The summed E-state index contributed by atoms with van der Waals surface area (Å²) < 4.78 is 8.05. The Morgan fingerprint density at radius 2 is 2.10 bits per heavy atom. The second kappa shape index (κ2) is 9.78. The van der Waals surface area contributed by atoms with Gasteiger partial charge >= 0.3 is 0 Å². The first-order valence-corrected chi connectivity index (χ1v) is 10.7. The van der Waals surface area contributed by atoms with Crippen LogP contribution < -0.4 is 4.74 Å². The van der Waals surface area contributed by atoms with E-state index in [9.17, 15) is 10.1 Å². The van der Waals surface area contributed by atoms with E-state index >= 15 is 0 Å². The van der Waals surface area contributed by atoms with Gasteiger partial charge in [-0.2, -0.15) is 0 Å². The minimum Gasteiger partial charge on any atom is -0.480 e. The molecule has 3 rings (SSSR count). The van der Waals surface area contributed by atoms with Gasteiger partial charge in [0.2, 0.25) is 6.54 Å². The standard InChI is InChI=1S/C21H19BrN4O3S/c1-4-10-29-19-9-8-16(12-18(19)22)20(13-25(27)28)30-21-24-23-15(3)26(21)17-7-5-6-14(2)11-17/h1,5-9,11-12,20H,10,13H2,2-3H3/t20-/m0/s1. The van der Waals surface area contributed by atoms with Crippen molar-refractivity contribution in [3.8, 4) is 23.8 Å². The smallest absolute Gasteiger partial charge is 0.220 e. The first kappa shape index (κ1) is 21.9. The second-order valence-corrected chi connectivity index (χ2v) is 8.53. The van der Waals surface area contributed by atoms with Crippen LogP contribution >= 0.6 is 27.7 Å². The predicted molar refractivity (Wildman–Crippen MR) is 120 cm³/mol. The Morgan fingerprint density at radius 1 is 1.30 bits per heavy atom. The summed E-state index contributed by atoms with van der Waals surface area (Å²) in [4.78, 5) is 11.0. The number of rotatable bonds is 8. The lowest BCUT2D eigenvalue weighted by Gasteiger charge is -2.16. The Hall–Kier alpha value is -2.83. The van der Waals surface area contributed by atoms with Crippen molar-refractivity contribution in [3.05, 3.63) is 74.0 Å². The van der Waals surface area contributed by atoms with Crippen LogP contribution in [0.15, 0.2) is 52.1 Å². The second-order valence-electron chi connectivity index (χ2n) is 6.51. The summed E-state index contributed by atoms with van der Waals surface area (Å²) in [6.45, 7) is 3.74. The number of nitrogens with zero attached hydrogens (tertiary/aromatic N) is 4. The zero-order chi connectivity index (χ0) is 21.7. The number of hydrogen-bond donors (Lipinski definition) is 0. The Bertz CT molecular complexity index is 1110. The maximum atomic E-state index is 11.4. The van der Waals surface area contributed by atoms with Gasteiger partial charge in [-0.25, -0.2) is 0 Å². The highest BCUT2D eigenvalue weighted by Gasteiger charge is 2.24. The normalized spacial score (nSPS) is 11.7. The summed E-state index contributed by atoms with van der Waals surface area (Å²) in [5, 5.41) is 19.9. The number of thioether (sulfide) groups is 1. The number of aryl methyl sites for hydroxylation is 2. The number of benzene rings is 2. The van der Waals surface area contributed by atoms with Gasteiger partial charge < -0.3 is 4.74 Å². The van der Waals surface area contributed by atoms with Gasteiger partial charge in [0, 0.05) is 10.6 Å². The van der Waals surface area contributed by atoms with E-state index in [1.807, 2.05) is 48.7 Å². The molecule has 7 nitrogen and oxygen atoms in total. The Balaban J connectivity index is 1.95. The number of nitro groups is 1. The fourth-order valence-corrected chi connectivity index (χ4v) is 4.59. The molecule has 0 radical (unpaired) electrons. The number of hydrogen-bond acceptors (Lipinski definition) is 6. The van der Waals surface area contributed by atoms with Crippen LogP contribution in [0.2, 0.25) is 0 Å². The number of aromatic nitrogens is 3. The molecule has 1 heterocycles. The van der Waals surface area contributed by atoms with E-state index in [1.165, 1.54) is 11.8 Å². The molecule has 0 saturated heterocycles. The van der Waals surface area contributed by atoms with Gasteiger partial charge in [-0.1, -0.05) is 35.9 Å². The van der Waals surface area contributed by atoms with Crippen LogP contribution in [0.5, 0.6) is 5.75 Å². The summed E-state index contributed by atoms with van der Waals surface area (Å²) in [6, 6.07) is 13.3. The average Bonchev–Trinajstić information content (AvgIpc) is 3.06. The molecule has 0 aliphatic carbocycles. The molecule has 0 aliphatic rings. The molecule has 0 bridgehead atoms. The molecule has 3 aromatic rings. The van der Waals surface area contributed by atoms with E-state index in [0.29, 0.717) is 21.2 Å². The molecule has 0 N–H and O–H groups in total. The highest BCUT2D eigenvalue weighted by molar-refractivity contribution is 9.10. The largest absolute Gasteiger partial charge is 0.480 e. The van der Waals surface area contributed by atoms with Crippen molar-refractivity contribution < 1.29 is 9.66 Å². The Kier molecular flexibility index (Phi) is 7.13. The van der Waals surface area contributed by atoms with E-state index in [-0.39, 0.29) is 18.1 Å². The predicted octanol–water partition coefficient (Wildman–Crippen LogP) is 4.77. The van der Waals surface area contributed by atoms with Crippen LogP contribution in [0.25, 0.3) is 5.69 Å². The number of terminal acetylenes is 1. The Morgan fingerprint density at radius 3 is 2.77 bits per heavy atom. The molecule has 1 aromatic heterocycles. The van der Waals surface area contributed by atoms with Crippen LogP contribution in [-0.4, -0.2) is 32.8 Å². The summed E-state index contributed by atoms with van der Waals surface area (Å²) in [7, 11) is 0. The van der Waals surface area contributed by atoms with Crippen molar-refractivity contribution in [2.24, 2.45) is 0 Å². The highest BCUT2D eigenvalue weighted by atomic mass is 79.9. The zero-order valence-electron chi connectivity index (χ0n) is 16.4. The first-order valence-electron chi connectivity index (χ1n) is 9.02. The lowest BCUT2D eigenvalue weighted by Crippen LogP contribution is -2.11. The molecule has 1 atom stereocenters. The maximum Gasteiger partial charge on any atom is 0.220 e. The SMILES string of the molecule is C#CCOc1ccc([C@H](C[N+](=O)[O-])Sc2nnc(C)n2-c2cccc(C)c2)cc1Br. The molecule has 0 aliphatic heterocycles. The van der Waals surface area contributed by atoms with E-state index in [0.717, 1.165) is 16.8 Å². The topological polar surface area (TPSA) is 83.1 Å². The number of halogens is 1. The molecular formula is C21H19BrN4O3S. The molecule has 0 amide bonds. The van der Waals surface area contributed by atoms with Crippen molar-refractivity contribution in [3.63, 3.8) is 0 Å². The fraction of sp³-hybridized carbons (Fsp3) is 0.238. The lowest BCUT2D eigenvalue weighted by molar-refractivity contribution is -0.479. The molecule has 2 aromatic carbocycles. The van der Waals surface area contributed by atoms with Crippen molar-refractivity contribution in [2.45, 2.75) is 24.3 Å². The molecule has 9 heteroatoms. The van der Waals surface area contributed by atoms with Crippen LogP contribution in [-0.2, 0) is 0 Å². The van der Waals surface area contributed by atoms with Gasteiger partial charge in [0.15, 0.2) is 5.16 Å². The maximum absolute atomic E-state index is 11.4. The van der Waals surface area contributed by atoms with Crippen molar-refractivity contribution in [1.82, 2.24) is 14.8 Å². The molecular weight excluding hydrogens is 468 g/mol. The van der Waals surface area contributed by atoms with Gasteiger partial charge in [0.05, 0.1) is 4.47 Å². The zero-order valence-corrected chi connectivity index (χ0v) is 18.8. The molecule has 0 spiro atoms. The van der Waals surface area contributed by atoms with E-state index in [1.54, 1.807) is 12.1 Å². The van der Waals surface area contributed by atoms with Gasteiger partial charge in [-0.15, -0.1) is 16.6 Å². The minimum absolute atomic E-state index is 0.143. The van der Waals surface area contributed by atoms with Crippen LogP contribution in [0.1, 0.15) is 22.2 Å². The Labute approximate surface area is 187 Å². The molecule has 0 saturated carbocycles. The van der Waals surface area contributed by atoms with Crippen LogP contribution in [0.3, 0.4) is 0 Å². The summed E-state index contributed by atoms with van der Waals surface area (Å²) in [5.41, 5.74) is 2.79. The van der Waals surface area contributed by atoms with Gasteiger partial charge in [-0.05, 0) is 65.2 Å². The lowest BCUT2D eigenvalue weighted by atomic mass is 10.1. The number of ether oxygens (including phenoxy) is 1. The average molecular weight is 487 g/mol. The molecule has 0 unspecified atom stereocenters. The van der Waals surface area contributed by atoms with Gasteiger partial charge in [0.25, 0.3) is 0 Å². The minimum atomic E-state index is -0.467. The monoisotopic (exact) mass is 486 g/mol. The van der Waals surface area contributed by atoms with Crippen molar-refractivity contribution >= 4 is 27.7 Å². The van der Waals surface area contributed by atoms with E-state index < -0.39 is 5.25 Å². The van der Waals surface area contributed by atoms with Gasteiger partial charge in [-0.3, -0.25) is 14.7 Å². The third-order valence-electron chi connectivity index (χ3n) is 4.26. The van der Waals surface area contributed by atoms with Crippen molar-refractivity contribution in [2.75, 3.05) is 13.2 Å². The van der Waals surface area contributed by atoms with Crippen LogP contribution in [0.4, 0.5) is 0 Å². The summed E-state index contributed by atoms with van der Waals surface area (Å²) in [5.74, 6) is 3.71. The van der Waals surface area contributed by atoms with E-state index in [4.69, 9.17) is 11.2 Å². The third kappa shape index (κ3) is 5.20. The summed E-state index contributed by atoms with van der Waals surface area (Å²) in [6.07, 6.45) is 5.23. The summed E-state index contributed by atoms with van der Waals surface area (Å²) >= 11 is 4.76.